The van der Waals surface area contributed by atoms with Gasteiger partial charge in [-0.25, -0.2) is 0 Å². The zero-order valence-corrected chi connectivity index (χ0v) is 17.2. The van der Waals surface area contributed by atoms with Gasteiger partial charge in [0.05, 0.1) is 20.3 Å². The van der Waals surface area contributed by atoms with Crippen LogP contribution < -0.4 is 9.47 Å². The number of aliphatic carboxylic acids is 1. The number of likely N-dealkylation sites (tertiary alicyclic amines) is 1. The van der Waals surface area contributed by atoms with Crippen LogP contribution in [0.4, 0.5) is 0 Å². The van der Waals surface area contributed by atoms with Gasteiger partial charge in [0.2, 0.25) is 0 Å². The van der Waals surface area contributed by atoms with E-state index in [2.05, 4.69) is 4.90 Å². The molecule has 2 aromatic rings. The molecule has 1 heterocycles. The van der Waals surface area contributed by atoms with Gasteiger partial charge in [-0.2, -0.15) is 0 Å². The molecule has 1 aliphatic heterocycles. The van der Waals surface area contributed by atoms with Crippen LogP contribution in [0.3, 0.4) is 0 Å². The maximum Gasteiger partial charge on any atom is 0.313 e. The van der Waals surface area contributed by atoms with E-state index in [0.717, 1.165) is 16.7 Å². The van der Waals surface area contributed by atoms with Crippen molar-refractivity contribution in [2.75, 3.05) is 27.3 Å². The summed E-state index contributed by atoms with van der Waals surface area (Å²) < 4.78 is 11.0. The summed E-state index contributed by atoms with van der Waals surface area (Å²) in [6, 6.07) is 13.4. The van der Waals surface area contributed by atoms with Crippen molar-refractivity contribution in [3.05, 3.63) is 59.2 Å². The molecule has 2 N–H and O–H groups in total. The van der Waals surface area contributed by atoms with Gasteiger partial charge < -0.3 is 19.7 Å². The molecule has 3 rings (SSSR count). The zero-order valence-electron chi connectivity index (χ0n) is 17.2. The Balaban J connectivity index is 1.89. The first-order valence-electron chi connectivity index (χ1n) is 9.79. The highest BCUT2D eigenvalue weighted by molar-refractivity contribution is 5.76. The van der Waals surface area contributed by atoms with Gasteiger partial charge in [0.1, 0.15) is 5.41 Å². The minimum atomic E-state index is -1.25. The van der Waals surface area contributed by atoms with E-state index in [1.165, 1.54) is 0 Å². The first kappa shape index (κ1) is 21.1. The Labute approximate surface area is 171 Å². The number of carboxylic acids is 1. The first-order valence-corrected chi connectivity index (χ1v) is 9.79. The van der Waals surface area contributed by atoms with Crippen LogP contribution in [-0.4, -0.2) is 54.5 Å². The predicted octanol–water partition coefficient (Wildman–Crippen LogP) is 2.89. The molecule has 0 amide bonds. The Morgan fingerprint density at radius 1 is 1.21 bits per heavy atom. The lowest BCUT2D eigenvalue weighted by Crippen LogP contribution is -2.56. The maximum absolute atomic E-state index is 12.3. The van der Waals surface area contributed by atoms with Gasteiger partial charge in [-0.05, 0) is 37.0 Å². The molecule has 0 aromatic heterocycles. The molecule has 1 saturated heterocycles. The quantitative estimate of drug-likeness (QED) is 0.745. The summed E-state index contributed by atoms with van der Waals surface area (Å²) in [6.07, 6.45) is -0.204. The minimum absolute atomic E-state index is 0.262. The van der Waals surface area contributed by atoms with Crippen molar-refractivity contribution in [1.82, 2.24) is 4.90 Å². The van der Waals surface area contributed by atoms with Crippen molar-refractivity contribution < 1.29 is 24.5 Å². The summed E-state index contributed by atoms with van der Waals surface area (Å²) in [4.78, 5) is 14.4. The lowest BCUT2D eigenvalue weighted by atomic mass is 9.72. The van der Waals surface area contributed by atoms with Crippen LogP contribution in [0.5, 0.6) is 11.5 Å². The Bertz CT molecular complexity index is 854. The van der Waals surface area contributed by atoms with Crippen molar-refractivity contribution in [3.8, 4) is 11.5 Å². The highest BCUT2D eigenvalue weighted by atomic mass is 16.5. The Morgan fingerprint density at radius 2 is 1.93 bits per heavy atom. The number of hydrogen-bond acceptors (Lipinski definition) is 5. The van der Waals surface area contributed by atoms with Crippen molar-refractivity contribution >= 4 is 5.97 Å². The van der Waals surface area contributed by atoms with Crippen molar-refractivity contribution in [1.29, 1.82) is 0 Å². The number of hydrogen-bond donors (Lipinski definition) is 2. The topological polar surface area (TPSA) is 79.2 Å². The number of rotatable bonds is 7. The molecular formula is C23H29NO5. The first-order chi connectivity index (χ1) is 13.9. The van der Waals surface area contributed by atoms with E-state index < -0.39 is 17.5 Å². The molecule has 2 atom stereocenters. The van der Waals surface area contributed by atoms with Crippen molar-refractivity contribution in [2.24, 2.45) is 5.41 Å². The molecule has 1 aliphatic rings. The molecule has 0 radical (unpaired) electrons. The number of aliphatic hydroxyl groups excluding tert-OH is 1. The van der Waals surface area contributed by atoms with E-state index in [-0.39, 0.29) is 13.0 Å². The SMILES string of the molecule is COc1cc(C)cc(CN2CC[C@@H](O)[C@](Cc3ccccc3)(C(=O)O)C2)c1OC. The lowest BCUT2D eigenvalue weighted by Gasteiger charge is -2.43. The number of ether oxygens (including phenoxy) is 2. The summed E-state index contributed by atoms with van der Waals surface area (Å²) in [5.74, 6) is 0.355. The fourth-order valence-corrected chi connectivity index (χ4v) is 4.27. The highest BCUT2D eigenvalue weighted by Gasteiger charge is 2.49. The number of carbonyl (C=O) groups is 1. The molecule has 6 nitrogen and oxygen atoms in total. The molecular weight excluding hydrogens is 370 g/mol. The highest BCUT2D eigenvalue weighted by Crippen LogP contribution is 2.38. The van der Waals surface area contributed by atoms with Gasteiger partial charge in [-0.15, -0.1) is 0 Å². The van der Waals surface area contributed by atoms with E-state index in [1.807, 2.05) is 49.4 Å². The fraction of sp³-hybridized carbons (Fsp3) is 0.435. The van der Waals surface area contributed by atoms with Crippen LogP contribution in [0.25, 0.3) is 0 Å². The van der Waals surface area contributed by atoms with Gasteiger partial charge in [-0.3, -0.25) is 9.69 Å². The molecule has 6 heteroatoms. The molecule has 156 valence electrons. The standard InChI is InChI=1S/C23H29NO5/c1-16-11-18(21(29-3)19(12-16)28-2)14-24-10-9-20(25)23(15-24,22(26)27)13-17-7-5-4-6-8-17/h4-8,11-12,20,25H,9-10,13-15H2,1-3H3,(H,26,27)/t20-,23-/m1/s1. The second-order valence-corrected chi connectivity index (χ2v) is 7.80. The monoisotopic (exact) mass is 399 g/mol. The van der Waals surface area contributed by atoms with E-state index in [0.29, 0.717) is 31.0 Å². The molecule has 0 bridgehead atoms. The number of nitrogens with zero attached hydrogens (tertiary/aromatic N) is 1. The van der Waals surface area contributed by atoms with Gasteiger partial charge in [0.15, 0.2) is 11.5 Å². The summed E-state index contributed by atoms with van der Waals surface area (Å²) >= 11 is 0. The Kier molecular flexibility index (Phi) is 6.45. The average molecular weight is 399 g/mol. The molecule has 0 spiro atoms. The molecule has 0 aliphatic carbocycles. The van der Waals surface area contributed by atoms with Crippen molar-refractivity contribution in [2.45, 2.75) is 32.4 Å². The summed E-state index contributed by atoms with van der Waals surface area (Å²) in [6.45, 7) is 3.39. The number of carboxylic acid groups (broad SMARTS) is 1. The third-order valence-electron chi connectivity index (χ3n) is 5.74. The Hall–Kier alpha value is -2.57. The lowest BCUT2D eigenvalue weighted by molar-refractivity contribution is -0.163. The molecule has 0 saturated carbocycles. The molecule has 29 heavy (non-hydrogen) atoms. The Morgan fingerprint density at radius 3 is 2.55 bits per heavy atom. The summed E-state index contributed by atoms with van der Waals surface area (Å²) in [5.41, 5.74) is 1.65. The van der Waals surface area contributed by atoms with Gasteiger partial charge >= 0.3 is 5.97 Å². The molecule has 2 aromatic carbocycles. The maximum atomic E-state index is 12.3. The third-order valence-corrected chi connectivity index (χ3v) is 5.74. The van der Waals surface area contributed by atoms with Crippen LogP contribution in [-0.2, 0) is 17.8 Å². The number of benzene rings is 2. The van der Waals surface area contributed by atoms with Crippen molar-refractivity contribution in [3.63, 3.8) is 0 Å². The average Bonchev–Trinajstić information content (AvgIpc) is 2.70. The van der Waals surface area contributed by atoms with E-state index in [9.17, 15) is 15.0 Å². The number of piperidine rings is 1. The minimum Gasteiger partial charge on any atom is -0.493 e. The van der Waals surface area contributed by atoms with Gasteiger partial charge in [-0.1, -0.05) is 36.4 Å². The largest absolute Gasteiger partial charge is 0.493 e. The van der Waals surface area contributed by atoms with Crippen LogP contribution in [0, 0.1) is 12.3 Å². The predicted molar refractivity (Wildman–Crippen MR) is 110 cm³/mol. The smallest absolute Gasteiger partial charge is 0.313 e. The fourth-order valence-electron chi connectivity index (χ4n) is 4.27. The van der Waals surface area contributed by atoms with E-state index in [4.69, 9.17) is 9.47 Å². The summed E-state index contributed by atoms with van der Waals surface area (Å²) in [7, 11) is 3.21. The second kappa shape index (κ2) is 8.84. The zero-order chi connectivity index (χ0) is 21.0. The summed E-state index contributed by atoms with van der Waals surface area (Å²) in [5, 5.41) is 20.8. The van der Waals surface area contributed by atoms with E-state index >= 15 is 0 Å². The van der Waals surface area contributed by atoms with Crippen LogP contribution >= 0.6 is 0 Å². The van der Waals surface area contributed by atoms with Crippen LogP contribution in [0.2, 0.25) is 0 Å². The van der Waals surface area contributed by atoms with E-state index in [1.54, 1.807) is 14.2 Å². The van der Waals surface area contributed by atoms with Gasteiger partial charge in [0.25, 0.3) is 0 Å². The van der Waals surface area contributed by atoms with Crippen LogP contribution in [0.1, 0.15) is 23.1 Å². The molecule has 1 fully saturated rings. The molecule has 0 unspecified atom stereocenters. The number of aryl methyl sites for hydroxylation is 1. The number of methoxy groups -OCH3 is 2. The number of aliphatic hydroxyl groups is 1. The van der Waals surface area contributed by atoms with Gasteiger partial charge in [0, 0.05) is 25.2 Å². The second-order valence-electron chi connectivity index (χ2n) is 7.80. The normalized spacial score (nSPS) is 22.3. The van der Waals surface area contributed by atoms with Crippen LogP contribution in [0.15, 0.2) is 42.5 Å². The third kappa shape index (κ3) is 4.38.